The molecule has 2 aromatic carbocycles. The Morgan fingerprint density at radius 1 is 1.06 bits per heavy atom. The highest BCUT2D eigenvalue weighted by Crippen LogP contribution is 2.30. The third-order valence-electron chi connectivity index (χ3n) is 5.27. The standard InChI is InChI=1S/C22H25N5O5/c1-16(28)25-10-12-26(13-11-25)19-9-8-17(14-20(19)27(31)32)22(30)24(2)15-21(29)23-18-6-4-3-5-7-18/h3-9,14H,10-13,15H2,1-2H3,(H,23,29). The number of carbonyl (C=O) groups is 3. The summed E-state index contributed by atoms with van der Waals surface area (Å²) in [4.78, 5) is 52.4. The molecule has 0 aliphatic carbocycles. The predicted molar refractivity (Wildman–Crippen MR) is 120 cm³/mol. The molecule has 32 heavy (non-hydrogen) atoms. The fourth-order valence-corrected chi connectivity index (χ4v) is 3.56. The summed E-state index contributed by atoms with van der Waals surface area (Å²) in [5.41, 5.74) is 0.953. The van der Waals surface area contributed by atoms with Gasteiger partial charge < -0.3 is 20.0 Å². The van der Waals surface area contributed by atoms with Crippen LogP contribution in [-0.2, 0) is 9.59 Å². The molecule has 0 spiro atoms. The molecule has 10 nitrogen and oxygen atoms in total. The SMILES string of the molecule is CC(=O)N1CCN(c2ccc(C(=O)N(C)CC(=O)Nc3ccccc3)cc2[N+](=O)[O-])CC1. The van der Waals surface area contributed by atoms with Crippen molar-refractivity contribution in [3.63, 3.8) is 0 Å². The highest BCUT2D eigenvalue weighted by atomic mass is 16.6. The fourth-order valence-electron chi connectivity index (χ4n) is 3.56. The first kappa shape index (κ1) is 22.7. The van der Waals surface area contributed by atoms with Crippen LogP contribution in [0.5, 0.6) is 0 Å². The maximum absolute atomic E-state index is 12.8. The lowest BCUT2D eigenvalue weighted by Crippen LogP contribution is -2.48. The quantitative estimate of drug-likeness (QED) is 0.543. The number of anilines is 2. The first-order valence-electron chi connectivity index (χ1n) is 10.2. The number of hydrogen-bond donors (Lipinski definition) is 1. The minimum Gasteiger partial charge on any atom is -0.362 e. The van der Waals surface area contributed by atoms with E-state index in [0.29, 0.717) is 37.6 Å². The molecule has 1 N–H and O–H groups in total. The number of likely N-dealkylation sites (N-methyl/N-ethyl adjacent to an activating group) is 1. The summed E-state index contributed by atoms with van der Waals surface area (Å²) in [5.74, 6) is -0.898. The predicted octanol–water partition coefficient (Wildman–Crippen LogP) is 1.97. The van der Waals surface area contributed by atoms with Crippen molar-refractivity contribution in [2.45, 2.75) is 6.92 Å². The molecule has 2 aromatic rings. The highest BCUT2D eigenvalue weighted by Gasteiger charge is 2.26. The molecule has 3 rings (SSSR count). The van der Waals surface area contributed by atoms with Gasteiger partial charge in [-0.1, -0.05) is 18.2 Å². The molecular formula is C22H25N5O5. The monoisotopic (exact) mass is 439 g/mol. The van der Waals surface area contributed by atoms with Crippen molar-refractivity contribution in [2.24, 2.45) is 0 Å². The number of nitro groups is 1. The van der Waals surface area contributed by atoms with Gasteiger partial charge in [-0.15, -0.1) is 0 Å². The van der Waals surface area contributed by atoms with E-state index in [-0.39, 0.29) is 29.6 Å². The molecule has 0 bridgehead atoms. The Labute approximate surface area is 185 Å². The van der Waals surface area contributed by atoms with Crippen molar-refractivity contribution < 1.29 is 19.3 Å². The van der Waals surface area contributed by atoms with Gasteiger partial charge in [0.05, 0.1) is 11.5 Å². The van der Waals surface area contributed by atoms with E-state index in [9.17, 15) is 24.5 Å². The van der Waals surface area contributed by atoms with Crippen LogP contribution in [0.2, 0.25) is 0 Å². The van der Waals surface area contributed by atoms with E-state index in [2.05, 4.69) is 5.32 Å². The van der Waals surface area contributed by atoms with E-state index >= 15 is 0 Å². The molecule has 1 saturated heterocycles. The summed E-state index contributed by atoms with van der Waals surface area (Å²) >= 11 is 0. The van der Waals surface area contributed by atoms with Gasteiger partial charge in [-0.3, -0.25) is 24.5 Å². The number of nitro benzene ring substituents is 1. The van der Waals surface area contributed by atoms with Crippen molar-refractivity contribution in [3.8, 4) is 0 Å². The van der Waals surface area contributed by atoms with Crippen LogP contribution >= 0.6 is 0 Å². The van der Waals surface area contributed by atoms with Crippen LogP contribution in [0.15, 0.2) is 48.5 Å². The van der Waals surface area contributed by atoms with Crippen LogP contribution in [0.25, 0.3) is 0 Å². The van der Waals surface area contributed by atoms with Crippen LogP contribution in [0.3, 0.4) is 0 Å². The van der Waals surface area contributed by atoms with Crippen LogP contribution < -0.4 is 10.2 Å². The summed E-state index contributed by atoms with van der Waals surface area (Å²) in [5, 5.41) is 14.4. The Morgan fingerprint density at radius 2 is 1.72 bits per heavy atom. The molecule has 0 radical (unpaired) electrons. The lowest BCUT2D eigenvalue weighted by molar-refractivity contribution is -0.384. The summed E-state index contributed by atoms with van der Waals surface area (Å²) in [6, 6.07) is 13.2. The first-order chi connectivity index (χ1) is 15.3. The third-order valence-corrected chi connectivity index (χ3v) is 5.27. The van der Waals surface area contributed by atoms with Gasteiger partial charge in [0.1, 0.15) is 5.69 Å². The zero-order valence-corrected chi connectivity index (χ0v) is 18.0. The van der Waals surface area contributed by atoms with E-state index in [4.69, 9.17) is 0 Å². The van der Waals surface area contributed by atoms with Gasteiger partial charge in [0.25, 0.3) is 11.6 Å². The summed E-state index contributed by atoms with van der Waals surface area (Å²) in [7, 11) is 1.47. The Hall–Kier alpha value is -3.95. The second-order valence-corrected chi connectivity index (χ2v) is 7.53. The number of hydrogen-bond acceptors (Lipinski definition) is 6. The van der Waals surface area contributed by atoms with E-state index < -0.39 is 10.8 Å². The van der Waals surface area contributed by atoms with E-state index in [1.165, 1.54) is 31.0 Å². The molecule has 1 aliphatic heterocycles. The van der Waals surface area contributed by atoms with Crippen molar-refractivity contribution in [3.05, 3.63) is 64.2 Å². The summed E-state index contributed by atoms with van der Waals surface area (Å²) in [6.45, 7) is 3.19. The number of piperazine rings is 1. The third kappa shape index (κ3) is 5.39. The fraction of sp³-hybridized carbons (Fsp3) is 0.318. The van der Waals surface area contributed by atoms with Gasteiger partial charge in [0, 0.05) is 57.5 Å². The number of para-hydroxylation sites is 1. The Balaban J connectivity index is 1.70. The maximum atomic E-state index is 12.8. The van der Waals surface area contributed by atoms with Crippen LogP contribution in [-0.4, -0.2) is 72.2 Å². The molecule has 168 valence electrons. The summed E-state index contributed by atoms with van der Waals surface area (Å²) < 4.78 is 0. The molecule has 1 fully saturated rings. The van der Waals surface area contributed by atoms with Gasteiger partial charge in [-0.25, -0.2) is 0 Å². The Morgan fingerprint density at radius 3 is 2.31 bits per heavy atom. The molecular weight excluding hydrogens is 414 g/mol. The first-order valence-corrected chi connectivity index (χ1v) is 10.2. The zero-order chi connectivity index (χ0) is 23.3. The minimum absolute atomic E-state index is 0.0283. The molecule has 1 heterocycles. The number of benzene rings is 2. The number of carbonyl (C=O) groups excluding carboxylic acids is 3. The molecule has 3 amide bonds. The van der Waals surface area contributed by atoms with Crippen molar-refractivity contribution in [2.75, 3.05) is 50.0 Å². The van der Waals surface area contributed by atoms with Crippen molar-refractivity contribution >= 4 is 34.8 Å². The minimum atomic E-state index is -0.522. The van der Waals surface area contributed by atoms with Crippen LogP contribution in [0.1, 0.15) is 17.3 Å². The highest BCUT2D eigenvalue weighted by molar-refractivity contribution is 6.00. The molecule has 0 aromatic heterocycles. The number of nitrogens with one attached hydrogen (secondary N) is 1. The molecule has 0 atom stereocenters. The smallest absolute Gasteiger partial charge is 0.293 e. The number of nitrogens with zero attached hydrogens (tertiary/aromatic N) is 4. The van der Waals surface area contributed by atoms with E-state index in [1.807, 2.05) is 11.0 Å². The van der Waals surface area contributed by atoms with Gasteiger partial charge in [-0.2, -0.15) is 0 Å². The molecule has 1 aliphatic rings. The number of amides is 3. The van der Waals surface area contributed by atoms with Gasteiger partial charge >= 0.3 is 0 Å². The topological polar surface area (TPSA) is 116 Å². The second-order valence-electron chi connectivity index (χ2n) is 7.53. The van der Waals surface area contributed by atoms with Crippen molar-refractivity contribution in [1.82, 2.24) is 9.80 Å². The van der Waals surface area contributed by atoms with E-state index in [0.717, 1.165) is 0 Å². The Bertz CT molecular complexity index is 1020. The van der Waals surface area contributed by atoms with E-state index in [1.54, 1.807) is 35.2 Å². The largest absolute Gasteiger partial charge is 0.362 e. The zero-order valence-electron chi connectivity index (χ0n) is 18.0. The molecule has 0 saturated carbocycles. The normalized spacial score (nSPS) is 13.4. The average molecular weight is 439 g/mol. The maximum Gasteiger partial charge on any atom is 0.293 e. The summed E-state index contributed by atoms with van der Waals surface area (Å²) in [6.07, 6.45) is 0. The van der Waals surface area contributed by atoms with Crippen LogP contribution in [0.4, 0.5) is 17.1 Å². The molecule has 10 heteroatoms. The second kappa shape index (κ2) is 9.90. The number of rotatable bonds is 6. The average Bonchev–Trinajstić information content (AvgIpc) is 2.78. The lowest BCUT2D eigenvalue weighted by atomic mass is 10.1. The van der Waals surface area contributed by atoms with Crippen LogP contribution in [0, 0.1) is 10.1 Å². The Kier molecular flexibility index (Phi) is 7.04. The van der Waals surface area contributed by atoms with Crippen molar-refractivity contribution in [1.29, 1.82) is 0 Å². The van der Waals surface area contributed by atoms with Gasteiger partial charge in [0.15, 0.2) is 0 Å². The lowest BCUT2D eigenvalue weighted by Gasteiger charge is -2.35. The van der Waals surface area contributed by atoms with Gasteiger partial charge in [-0.05, 0) is 24.3 Å². The van der Waals surface area contributed by atoms with Gasteiger partial charge in [0.2, 0.25) is 11.8 Å². The molecule has 0 unspecified atom stereocenters.